The van der Waals surface area contributed by atoms with Gasteiger partial charge in [-0.2, -0.15) is 5.10 Å². The van der Waals surface area contributed by atoms with Crippen LogP contribution in [0.25, 0.3) is 0 Å². The number of aryl methyl sites for hydroxylation is 1. The first-order valence-electron chi connectivity index (χ1n) is 10.7. The lowest BCUT2D eigenvalue weighted by molar-refractivity contribution is 0.0767. The van der Waals surface area contributed by atoms with Crippen molar-refractivity contribution < 1.29 is 9.21 Å². The number of benzene rings is 1. The summed E-state index contributed by atoms with van der Waals surface area (Å²) in [6, 6.07) is 13.3. The molecule has 0 aliphatic heterocycles. The molecular formula is C24H28N4O2. The van der Waals surface area contributed by atoms with Crippen molar-refractivity contribution in [1.29, 1.82) is 0 Å². The van der Waals surface area contributed by atoms with Gasteiger partial charge in [-0.3, -0.25) is 9.48 Å². The van der Waals surface area contributed by atoms with Gasteiger partial charge in [0.15, 0.2) is 5.69 Å². The van der Waals surface area contributed by atoms with E-state index in [9.17, 15) is 4.79 Å². The molecule has 1 atom stereocenters. The molecule has 1 amide bonds. The number of hydrogen-bond donors (Lipinski definition) is 1. The van der Waals surface area contributed by atoms with Crippen molar-refractivity contribution in [3.05, 3.63) is 76.5 Å². The average Bonchev–Trinajstić information content (AvgIpc) is 3.46. The van der Waals surface area contributed by atoms with Crippen LogP contribution in [0.2, 0.25) is 0 Å². The zero-order valence-corrected chi connectivity index (χ0v) is 17.6. The van der Waals surface area contributed by atoms with Crippen molar-refractivity contribution in [2.45, 2.75) is 50.7 Å². The lowest BCUT2D eigenvalue weighted by Gasteiger charge is -2.27. The Morgan fingerprint density at radius 1 is 1.17 bits per heavy atom. The average molecular weight is 405 g/mol. The van der Waals surface area contributed by atoms with Gasteiger partial charge < -0.3 is 14.6 Å². The Morgan fingerprint density at radius 3 is 2.63 bits per heavy atom. The molecule has 0 saturated heterocycles. The monoisotopic (exact) mass is 404 g/mol. The van der Waals surface area contributed by atoms with Gasteiger partial charge in [-0.15, -0.1) is 0 Å². The van der Waals surface area contributed by atoms with Crippen LogP contribution < -0.4 is 5.32 Å². The van der Waals surface area contributed by atoms with Gasteiger partial charge in [0, 0.05) is 37.4 Å². The summed E-state index contributed by atoms with van der Waals surface area (Å²) in [5.41, 5.74) is 5.81. The number of carbonyl (C=O) groups is 1. The van der Waals surface area contributed by atoms with Gasteiger partial charge in [0.2, 0.25) is 0 Å². The topological polar surface area (TPSA) is 63.3 Å². The van der Waals surface area contributed by atoms with E-state index >= 15 is 0 Å². The highest BCUT2D eigenvalue weighted by atomic mass is 16.3. The van der Waals surface area contributed by atoms with Gasteiger partial charge in [-0.1, -0.05) is 24.3 Å². The number of rotatable bonds is 5. The molecule has 0 bridgehead atoms. The Bertz CT molecular complexity index is 1030. The highest BCUT2D eigenvalue weighted by Crippen LogP contribution is 2.28. The van der Waals surface area contributed by atoms with E-state index in [1.807, 2.05) is 23.9 Å². The predicted octanol–water partition coefficient (Wildman–Crippen LogP) is 2.90. The van der Waals surface area contributed by atoms with E-state index in [0.29, 0.717) is 24.3 Å². The van der Waals surface area contributed by atoms with Crippen LogP contribution in [0.4, 0.5) is 0 Å². The second-order valence-electron chi connectivity index (χ2n) is 8.62. The van der Waals surface area contributed by atoms with Crippen molar-refractivity contribution >= 4 is 5.91 Å². The fourth-order valence-corrected chi connectivity index (χ4v) is 5.00. The maximum absolute atomic E-state index is 13.1. The minimum atomic E-state index is -0.0443. The second-order valence-corrected chi connectivity index (χ2v) is 8.62. The third kappa shape index (κ3) is 3.56. The minimum Gasteiger partial charge on any atom is -0.467 e. The Kier molecular flexibility index (Phi) is 4.95. The molecule has 3 aromatic rings. The molecule has 0 saturated carbocycles. The molecular weight excluding hydrogens is 376 g/mol. The first kappa shape index (κ1) is 19.1. The lowest BCUT2D eigenvalue weighted by Crippen LogP contribution is -2.42. The highest BCUT2D eigenvalue weighted by molar-refractivity contribution is 5.94. The summed E-state index contributed by atoms with van der Waals surface area (Å²) in [4.78, 5) is 14.8. The smallest absolute Gasteiger partial charge is 0.274 e. The van der Waals surface area contributed by atoms with Crippen LogP contribution >= 0.6 is 0 Å². The summed E-state index contributed by atoms with van der Waals surface area (Å²) >= 11 is 0. The third-order valence-electron chi connectivity index (χ3n) is 6.50. The number of amides is 1. The number of hydrogen-bond acceptors (Lipinski definition) is 4. The molecule has 30 heavy (non-hydrogen) atoms. The molecule has 0 spiro atoms. The minimum absolute atomic E-state index is 0.0443. The number of furan rings is 1. The van der Waals surface area contributed by atoms with Crippen molar-refractivity contribution in [2.75, 3.05) is 7.05 Å². The van der Waals surface area contributed by atoms with Crippen molar-refractivity contribution in [3.63, 3.8) is 0 Å². The van der Waals surface area contributed by atoms with Gasteiger partial charge in [-0.05, 0) is 55.4 Å². The second kappa shape index (κ2) is 7.76. The molecule has 2 aliphatic carbocycles. The first-order chi connectivity index (χ1) is 14.6. The number of nitrogens with one attached hydrogen (secondary N) is 1. The Labute approximate surface area is 176 Å². The lowest BCUT2D eigenvalue weighted by atomic mass is 9.90. The normalized spacial score (nSPS) is 18.3. The third-order valence-corrected chi connectivity index (χ3v) is 6.50. The number of nitrogens with zero attached hydrogens (tertiary/aromatic N) is 3. The number of aromatic nitrogens is 2. The van der Waals surface area contributed by atoms with Gasteiger partial charge in [0.05, 0.1) is 12.8 Å². The summed E-state index contributed by atoms with van der Waals surface area (Å²) in [7, 11) is 3.75. The fraction of sp³-hybridized carbons (Fsp3) is 0.417. The van der Waals surface area contributed by atoms with Crippen LogP contribution in [0.5, 0.6) is 0 Å². The van der Waals surface area contributed by atoms with Crippen LogP contribution in [-0.4, -0.2) is 39.7 Å². The number of fused-ring (bicyclic) bond motifs is 2. The molecule has 1 N–H and O–H groups in total. The fourth-order valence-electron chi connectivity index (χ4n) is 5.00. The van der Waals surface area contributed by atoms with Crippen LogP contribution in [0.3, 0.4) is 0 Å². The highest BCUT2D eigenvalue weighted by Gasteiger charge is 2.31. The van der Waals surface area contributed by atoms with Gasteiger partial charge in [0.25, 0.3) is 5.91 Å². The van der Waals surface area contributed by atoms with Crippen molar-refractivity contribution in [3.8, 4) is 0 Å². The predicted molar refractivity (Wildman–Crippen MR) is 114 cm³/mol. The summed E-state index contributed by atoms with van der Waals surface area (Å²) in [5.74, 6) is 0.730. The first-order valence-corrected chi connectivity index (χ1v) is 10.7. The Balaban J connectivity index is 1.29. The van der Waals surface area contributed by atoms with E-state index < -0.39 is 0 Å². The zero-order chi connectivity index (χ0) is 20.7. The van der Waals surface area contributed by atoms with Crippen LogP contribution in [-0.2, 0) is 39.3 Å². The quantitative estimate of drug-likeness (QED) is 0.710. The van der Waals surface area contributed by atoms with E-state index in [1.54, 1.807) is 18.2 Å². The molecule has 2 heterocycles. The van der Waals surface area contributed by atoms with Gasteiger partial charge >= 0.3 is 0 Å². The van der Waals surface area contributed by atoms with Gasteiger partial charge in [0.1, 0.15) is 5.76 Å². The van der Waals surface area contributed by atoms with Crippen molar-refractivity contribution in [1.82, 2.24) is 20.0 Å². The molecule has 6 nitrogen and oxygen atoms in total. The Hall–Kier alpha value is -2.86. The van der Waals surface area contributed by atoms with E-state index in [-0.39, 0.29) is 5.91 Å². The maximum atomic E-state index is 13.1. The standard InChI is InChI=1S/C24H28N4O2/c1-27(15-20-8-5-11-30-20)24(29)23-21-14-18(9-10-22(21)28(2)26-23)25-19-12-16-6-3-4-7-17(16)13-19/h3-8,11,18-19,25H,9-10,12-15H2,1-2H3/t18-/m1/s1. The van der Waals surface area contributed by atoms with Crippen LogP contribution in [0, 0.1) is 0 Å². The van der Waals surface area contributed by atoms with E-state index in [1.165, 1.54) is 16.8 Å². The summed E-state index contributed by atoms with van der Waals surface area (Å²) in [6.07, 6.45) is 6.69. The molecule has 2 aromatic heterocycles. The van der Waals surface area contributed by atoms with E-state index in [2.05, 4.69) is 34.7 Å². The summed E-state index contributed by atoms with van der Waals surface area (Å²) in [5, 5.41) is 8.48. The molecule has 1 aromatic carbocycles. The molecule has 2 aliphatic rings. The molecule has 0 radical (unpaired) electrons. The molecule has 156 valence electrons. The van der Waals surface area contributed by atoms with Crippen LogP contribution in [0.1, 0.15) is 45.1 Å². The summed E-state index contributed by atoms with van der Waals surface area (Å²) in [6.45, 7) is 0.444. The summed E-state index contributed by atoms with van der Waals surface area (Å²) < 4.78 is 7.29. The van der Waals surface area contributed by atoms with E-state index in [4.69, 9.17) is 4.42 Å². The Morgan fingerprint density at radius 2 is 1.93 bits per heavy atom. The molecule has 6 heteroatoms. The van der Waals surface area contributed by atoms with Gasteiger partial charge in [-0.25, -0.2) is 0 Å². The molecule has 0 unspecified atom stereocenters. The SMILES string of the molecule is CN(Cc1ccco1)C(=O)c1nn(C)c2c1C[C@H](NC1Cc3ccccc3C1)CC2. The number of carbonyl (C=O) groups excluding carboxylic acids is 1. The van der Waals surface area contributed by atoms with Crippen LogP contribution in [0.15, 0.2) is 47.1 Å². The maximum Gasteiger partial charge on any atom is 0.274 e. The molecule has 5 rings (SSSR count). The van der Waals surface area contributed by atoms with E-state index in [0.717, 1.165) is 43.4 Å². The molecule has 0 fully saturated rings. The largest absolute Gasteiger partial charge is 0.467 e. The van der Waals surface area contributed by atoms with Crippen molar-refractivity contribution in [2.24, 2.45) is 7.05 Å². The zero-order valence-electron chi connectivity index (χ0n) is 17.6.